The average molecular weight is 503 g/mol. The lowest BCUT2D eigenvalue weighted by atomic mass is 10.00. The molecule has 192 valence electrons. The standard InChI is InChI=1S/C18H18N2O2.C4H10N2O.C3H8S.CH2O/c1-12-7-8-14(11-15(12)13-5-3-2-4-6-13)19-18(22)16-9-10-17(21)20-16;1-5-3-4(7)6-2;1-3-4-2;1-2/h2-8,11,16H,9-10H2,1H3,(H,19,22)(H,20,21);5H,3H2,1-2H3,(H,6,7);3H2,1-2H3;1H2/t16-;;;/m0.../s1. The van der Waals surface area contributed by atoms with Gasteiger partial charge in [0, 0.05) is 19.2 Å². The van der Waals surface area contributed by atoms with Gasteiger partial charge in [-0.3, -0.25) is 14.4 Å². The van der Waals surface area contributed by atoms with E-state index in [9.17, 15) is 14.4 Å². The van der Waals surface area contributed by atoms with Gasteiger partial charge in [0.05, 0.1) is 6.54 Å². The van der Waals surface area contributed by atoms with E-state index in [2.05, 4.69) is 34.4 Å². The van der Waals surface area contributed by atoms with E-state index in [0.29, 0.717) is 19.4 Å². The first-order valence-electron chi connectivity index (χ1n) is 11.3. The molecule has 0 radical (unpaired) electrons. The normalized spacial score (nSPS) is 13.4. The summed E-state index contributed by atoms with van der Waals surface area (Å²) in [6, 6.07) is 15.5. The molecule has 1 atom stereocenters. The molecule has 0 aromatic heterocycles. The number of hydrogen-bond donors (Lipinski definition) is 4. The minimum atomic E-state index is -0.422. The highest BCUT2D eigenvalue weighted by molar-refractivity contribution is 7.98. The van der Waals surface area contributed by atoms with Gasteiger partial charge >= 0.3 is 0 Å². The number of aryl methyl sites for hydroxylation is 1. The molecule has 3 amide bonds. The summed E-state index contributed by atoms with van der Waals surface area (Å²) in [5.41, 5.74) is 4.10. The molecule has 1 aliphatic heterocycles. The largest absolute Gasteiger partial charge is 0.358 e. The van der Waals surface area contributed by atoms with Gasteiger partial charge in [-0.1, -0.05) is 43.3 Å². The minimum absolute atomic E-state index is 0.0162. The maximum atomic E-state index is 12.2. The van der Waals surface area contributed by atoms with Gasteiger partial charge in [0.1, 0.15) is 12.8 Å². The molecule has 0 spiro atoms. The van der Waals surface area contributed by atoms with E-state index < -0.39 is 6.04 Å². The first kappa shape index (κ1) is 31.8. The van der Waals surface area contributed by atoms with Crippen molar-refractivity contribution < 1.29 is 19.2 Å². The van der Waals surface area contributed by atoms with Crippen molar-refractivity contribution in [2.45, 2.75) is 32.7 Å². The summed E-state index contributed by atoms with van der Waals surface area (Å²) < 4.78 is 0. The molecule has 1 aliphatic rings. The molecule has 8 nitrogen and oxygen atoms in total. The zero-order chi connectivity index (χ0) is 26.6. The summed E-state index contributed by atoms with van der Waals surface area (Å²) in [5, 5.41) is 10.7. The summed E-state index contributed by atoms with van der Waals surface area (Å²) in [7, 11) is 3.34. The van der Waals surface area contributed by atoms with Crippen molar-refractivity contribution >= 4 is 42.0 Å². The van der Waals surface area contributed by atoms with Crippen molar-refractivity contribution in [3.05, 3.63) is 54.1 Å². The molecule has 0 bridgehead atoms. The molecular weight excluding hydrogens is 464 g/mol. The monoisotopic (exact) mass is 502 g/mol. The van der Waals surface area contributed by atoms with E-state index in [-0.39, 0.29) is 17.7 Å². The summed E-state index contributed by atoms with van der Waals surface area (Å²) in [5.74, 6) is 1.03. The van der Waals surface area contributed by atoms with Crippen LogP contribution in [0.25, 0.3) is 11.1 Å². The molecule has 2 aromatic rings. The predicted molar refractivity (Wildman–Crippen MR) is 146 cm³/mol. The van der Waals surface area contributed by atoms with Gasteiger partial charge in [-0.25, -0.2) is 0 Å². The number of likely N-dealkylation sites (N-methyl/N-ethyl adjacent to an activating group) is 2. The lowest BCUT2D eigenvalue weighted by Crippen LogP contribution is -2.37. The van der Waals surface area contributed by atoms with Gasteiger partial charge in [0.15, 0.2) is 0 Å². The Bertz CT molecular complexity index is 907. The summed E-state index contributed by atoms with van der Waals surface area (Å²) in [6.45, 7) is 6.59. The fourth-order valence-corrected chi connectivity index (χ4v) is 2.92. The van der Waals surface area contributed by atoms with Gasteiger partial charge in [0.25, 0.3) is 0 Å². The zero-order valence-electron chi connectivity index (χ0n) is 21.3. The van der Waals surface area contributed by atoms with Gasteiger partial charge in [-0.05, 0) is 61.2 Å². The third kappa shape index (κ3) is 12.8. The molecule has 0 unspecified atom stereocenters. The third-order valence-electron chi connectivity index (χ3n) is 4.81. The summed E-state index contributed by atoms with van der Waals surface area (Å²) in [6.07, 6.45) is 3.07. The Labute approximate surface area is 213 Å². The van der Waals surface area contributed by atoms with E-state index in [1.807, 2.05) is 74.0 Å². The molecule has 3 rings (SSSR count). The number of hydrogen-bond acceptors (Lipinski definition) is 6. The maximum Gasteiger partial charge on any atom is 0.246 e. The number of anilines is 1. The van der Waals surface area contributed by atoms with E-state index in [1.54, 1.807) is 14.1 Å². The van der Waals surface area contributed by atoms with Crippen LogP contribution in [0.2, 0.25) is 0 Å². The van der Waals surface area contributed by atoms with Gasteiger partial charge in [-0.15, -0.1) is 0 Å². The zero-order valence-corrected chi connectivity index (χ0v) is 22.1. The maximum absolute atomic E-state index is 12.2. The second-order valence-electron chi connectivity index (χ2n) is 7.32. The Morgan fingerprint density at radius 1 is 1.11 bits per heavy atom. The van der Waals surface area contributed by atoms with Crippen LogP contribution in [0.5, 0.6) is 0 Å². The summed E-state index contributed by atoms with van der Waals surface area (Å²) in [4.78, 5) is 41.6. The summed E-state index contributed by atoms with van der Waals surface area (Å²) >= 11 is 1.86. The number of amides is 3. The second-order valence-corrected chi connectivity index (χ2v) is 8.48. The highest BCUT2D eigenvalue weighted by atomic mass is 32.2. The number of benzene rings is 2. The number of carbonyl (C=O) groups excluding carboxylic acids is 4. The molecule has 1 heterocycles. The fourth-order valence-electron chi connectivity index (χ4n) is 2.92. The quantitative estimate of drug-likeness (QED) is 0.483. The fraction of sp³-hybridized carbons (Fsp3) is 0.385. The Morgan fingerprint density at radius 3 is 2.20 bits per heavy atom. The third-order valence-corrected chi connectivity index (χ3v) is 5.38. The molecule has 2 aromatic carbocycles. The molecule has 0 saturated carbocycles. The van der Waals surface area contributed by atoms with Crippen LogP contribution in [0.4, 0.5) is 5.69 Å². The van der Waals surface area contributed by atoms with E-state index in [4.69, 9.17) is 4.79 Å². The first-order chi connectivity index (χ1) is 16.9. The SMILES string of the molecule is C=O.CCSC.CNCC(=O)NC.Cc1ccc(NC(=O)[C@@H]2CCC(=O)N2)cc1-c1ccccc1. The predicted octanol–water partition coefficient (Wildman–Crippen LogP) is 3.02. The average Bonchev–Trinajstić information content (AvgIpc) is 3.34. The van der Waals surface area contributed by atoms with Crippen LogP contribution in [-0.4, -0.2) is 63.2 Å². The minimum Gasteiger partial charge on any atom is -0.358 e. The number of carbonyl (C=O) groups is 4. The number of thioether (sulfide) groups is 1. The van der Waals surface area contributed by atoms with E-state index >= 15 is 0 Å². The van der Waals surface area contributed by atoms with E-state index in [0.717, 1.165) is 22.4 Å². The van der Waals surface area contributed by atoms with Crippen molar-refractivity contribution in [2.75, 3.05) is 38.0 Å². The molecule has 35 heavy (non-hydrogen) atoms. The van der Waals surface area contributed by atoms with Crippen LogP contribution in [0.1, 0.15) is 25.3 Å². The molecule has 1 saturated heterocycles. The van der Waals surface area contributed by atoms with Crippen molar-refractivity contribution in [3.8, 4) is 11.1 Å². The van der Waals surface area contributed by atoms with Crippen molar-refractivity contribution in [1.29, 1.82) is 0 Å². The van der Waals surface area contributed by atoms with Crippen molar-refractivity contribution in [1.82, 2.24) is 16.0 Å². The van der Waals surface area contributed by atoms with E-state index in [1.165, 1.54) is 5.75 Å². The van der Waals surface area contributed by atoms with Crippen LogP contribution in [0, 0.1) is 6.92 Å². The van der Waals surface area contributed by atoms with Crippen LogP contribution < -0.4 is 21.3 Å². The lowest BCUT2D eigenvalue weighted by molar-refractivity contribution is -0.122. The lowest BCUT2D eigenvalue weighted by Gasteiger charge is -2.13. The number of rotatable bonds is 6. The highest BCUT2D eigenvalue weighted by Gasteiger charge is 2.27. The smallest absolute Gasteiger partial charge is 0.246 e. The Kier molecular flexibility index (Phi) is 17.4. The Balaban J connectivity index is 0.000000744. The Hall–Kier alpha value is -3.17. The molecule has 9 heteroatoms. The molecule has 4 N–H and O–H groups in total. The van der Waals surface area contributed by atoms with Crippen LogP contribution >= 0.6 is 11.8 Å². The van der Waals surface area contributed by atoms with Crippen molar-refractivity contribution in [3.63, 3.8) is 0 Å². The molecule has 1 fully saturated rings. The van der Waals surface area contributed by atoms with Gasteiger partial charge in [-0.2, -0.15) is 11.8 Å². The van der Waals surface area contributed by atoms with Gasteiger partial charge < -0.3 is 26.1 Å². The topological polar surface area (TPSA) is 116 Å². The van der Waals surface area contributed by atoms with Crippen LogP contribution in [0.3, 0.4) is 0 Å². The first-order valence-corrected chi connectivity index (χ1v) is 12.6. The molecular formula is C26H38N4O4S. The van der Waals surface area contributed by atoms with Crippen LogP contribution in [-0.2, 0) is 19.2 Å². The highest BCUT2D eigenvalue weighted by Crippen LogP contribution is 2.26. The Morgan fingerprint density at radius 2 is 1.74 bits per heavy atom. The second kappa shape index (κ2) is 19.2. The molecule has 0 aliphatic carbocycles. The van der Waals surface area contributed by atoms with Crippen LogP contribution in [0.15, 0.2) is 48.5 Å². The van der Waals surface area contributed by atoms with Gasteiger partial charge in [0.2, 0.25) is 17.7 Å². The number of nitrogens with one attached hydrogen (secondary N) is 4. The van der Waals surface area contributed by atoms with Crippen molar-refractivity contribution in [2.24, 2.45) is 0 Å².